The highest BCUT2D eigenvalue weighted by molar-refractivity contribution is 6.42. The van der Waals surface area contributed by atoms with Gasteiger partial charge < -0.3 is 4.57 Å². The maximum Gasteiger partial charge on any atom is 0.246 e. The number of carbonyl (C=O) groups excluding carboxylic acids is 2. The Hall–Kier alpha value is -3.27. The van der Waals surface area contributed by atoms with Crippen molar-refractivity contribution in [2.75, 3.05) is 0 Å². The Morgan fingerprint density at radius 1 is 0.920 bits per heavy atom. The third-order valence-corrected chi connectivity index (χ3v) is 4.39. The molecule has 0 saturated carbocycles. The Labute approximate surface area is 144 Å². The Kier molecular flexibility index (Phi) is 3.65. The topological polar surface area (TPSA) is 52.0 Å². The van der Waals surface area contributed by atoms with Crippen LogP contribution in [0.5, 0.6) is 0 Å². The van der Waals surface area contributed by atoms with Gasteiger partial charge in [0.1, 0.15) is 5.69 Å². The minimum atomic E-state index is -0.554. The zero-order valence-corrected chi connectivity index (χ0v) is 13.8. The molecule has 0 radical (unpaired) electrons. The molecule has 2 aromatic heterocycles. The van der Waals surface area contributed by atoms with E-state index in [4.69, 9.17) is 0 Å². The number of fused-ring (bicyclic) bond motifs is 3. The minimum absolute atomic E-state index is 0.197. The molecular formula is C21H16N2O2. The highest BCUT2D eigenvalue weighted by Crippen LogP contribution is 2.29. The van der Waals surface area contributed by atoms with Gasteiger partial charge in [0.05, 0.1) is 11.7 Å². The average Bonchev–Trinajstić information content (AvgIpc) is 2.95. The van der Waals surface area contributed by atoms with Gasteiger partial charge in [-0.2, -0.15) is 0 Å². The van der Waals surface area contributed by atoms with Gasteiger partial charge in [-0.05, 0) is 17.7 Å². The molecule has 0 unspecified atom stereocenters. The lowest BCUT2D eigenvalue weighted by molar-refractivity contribution is -0.113. The molecule has 0 aliphatic heterocycles. The van der Waals surface area contributed by atoms with E-state index in [9.17, 15) is 9.59 Å². The summed E-state index contributed by atoms with van der Waals surface area (Å²) in [6.07, 6.45) is 1.69. The number of carbonyl (C=O) groups is 2. The van der Waals surface area contributed by atoms with E-state index in [1.165, 1.54) is 12.5 Å². The second-order valence-electron chi connectivity index (χ2n) is 6.06. The van der Waals surface area contributed by atoms with Gasteiger partial charge in [-0.3, -0.25) is 14.6 Å². The van der Waals surface area contributed by atoms with Gasteiger partial charge >= 0.3 is 0 Å². The summed E-state index contributed by atoms with van der Waals surface area (Å²) >= 11 is 0. The van der Waals surface area contributed by atoms with E-state index < -0.39 is 11.6 Å². The zero-order chi connectivity index (χ0) is 17.4. The van der Waals surface area contributed by atoms with Crippen LogP contribution in [0.1, 0.15) is 23.0 Å². The number of ketones is 2. The summed E-state index contributed by atoms with van der Waals surface area (Å²) in [6, 6.07) is 20.0. The summed E-state index contributed by atoms with van der Waals surface area (Å²) in [5, 5.41) is 1.99. The normalized spacial score (nSPS) is 11.1. The van der Waals surface area contributed by atoms with E-state index in [0.717, 1.165) is 21.8 Å². The number of benzene rings is 2. The standard InChI is InChI=1S/C21H16N2O2/c1-14(24)21(25)18-11-17-16-9-5-6-10-19(16)23(20(17)12-22-18)13-15-7-3-2-4-8-15/h2-12H,13H2,1H3. The highest BCUT2D eigenvalue weighted by Gasteiger charge is 2.17. The third-order valence-electron chi connectivity index (χ3n) is 4.39. The first kappa shape index (κ1) is 15.3. The maximum absolute atomic E-state index is 12.0. The van der Waals surface area contributed by atoms with E-state index in [0.29, 0.717) is 6.54 Å². The van der Waals surface area contributed by atoms with Gasteiger partial charge in [-0.15, -0.1) is 0 Å². The van der Waals surface area contributed by atoms with Crippen LogP contribution in [0.4, 0.5) is 0 Å². The molecule has 0 bridgehead atoms. The fraction of sp³-hybridized carbons (Fsp3) is 0.0952. The Morgan fingerprint density at radius 3 is 2.40 bits per heavy atom. The Morgan fingerprint density at radius 2 is 1.64 bits per heavy atom. The molecule has 122 valence electrons. The second-order valence-corrected chi connectivity index (χ2v) is 6.06. The van der Waals surface area contributed by atoms with Crippen molar-refractivity contribution in [1.82, 2.24) is 9.55 Å². The summed E-state index contributed by atoms with van der Waals surface area (Å²) in [6.45, 7) is 1.99. The van der Waals surface area contributed by atoms with E-state index >= 15 is 0 Å². The van der Waals surface area contributed by atoms with Crippen molar-refractivity contribution in [3.63, 3.8) is 0 Å². The van der Waals surface area contributed by atoms with Crippen LogP contribution in [0.2, 0.25) is 0 Å². The molecule has 0 N–H and O–H groups in total. The number of aromatic nitrogens is 2. The Bertz CT molecular complexity index is 1110. The predicted molar refractivity (Wildman–Crippen MR) is 97.8 cm³/mol. The van der Waals surface area contributed by atoms with Crippen molar-refractivity contribution < 1.29 is 9.59 Å². The monoisotopic (exact) mass is 328 g/mol. The molecule has 0 aliphatic rings. The van der Waals surface area contributed by atoms with Gasteiger partial charge in [-0.1, -0.05) is 48.5 Å². The van der Waals surface area contributed by atoms with Crippen molar-refractivity contribution in [2.45, 2.75) is 13.5 Å². The lowest BCUT2D eigenvalue weighted by atomic mass is 10.1. The fourth-order valence-corrected chi connectivity index (χ4v) is 3.19. The van der Waals surface area contributed by atoms with E-state index in [1.54, 1.807) is 12.3 Å². The molecule has 0 spiro atoms. The average molecular weight is 328 g/mol. The van der Waals surface area contributed by atoms with Gasteiger partial charge in [0, 0.05) is 29.8 Å². The highest BCUT2D eigenvalue weighted by atomic mass is 16.2. The number of hydrogen-bond donors (Lipinski definition) is 0. The largest absolute Gasteiger partial charge is 0.335 e. The maximum atomic E-state index is 12.0. The summed E-state index contributed by atoms with van der Waals surface area (Å²) < 4.78 is 2.19. The molecule has 4 nitrogen and oxygen atoms in total. The quantitative estimate of drug-likeness (QED) is 0.420. The van der Waals surface area contributed by atoms with Gasteiger partial charge in [0.2, 0.25) is 11.6 Å². The van der Waals surface area contributed by atoms with Crippen molar-refractivity contribution in [3.8, 4) is 0 Å². The number of pyridine rings is 1. The van der Waals surface area contributed by atoms with Crippen LogP contribution in [-0.2, 0) is 11.3 Å². The van der Waals surface area contributed by atoms with Crippen molar-refractivity contribution in [2.24, 2.45) is 0 Å². The fourth-order valence-electron chi connectivity index (χ4n) is 3.19. The molecule has 4 rings (SSSR count). The molecule has 0 amide bonds. The van der Waals surface area contributed by atoms with Crippen LogP contribution in [0.15, 0.2) is 66.9 Å². The van der Waals surface area contributed by atoms with E-state index in [-0.39, 0.29) is 5.69 Å². The van der Waals surface area contributed by atoms with Crippen LogP contribution in [-0.4, -0.2) is 21.1 Å². The summed E-state index contributed by atoms with van der Waals surface area (Å²) in [5.41, 5.74) is 3.41. The Balaban J connectivity index is 1.95. The van der Waals surface area contributed by atoms with Crippen molar-refractivity contribution >= 4 is 33.4 Å². The SMILES string of the molecule is CC(=O)C(=O)c1cc2c3ccccc3n(Cc3ccccc3)c2cn1. The molecule has 0 atom stereocenters. The number of Topliss-reactive ketones (excluding diaryl/α,β-unsaturated/α-hetero) is 2. The molecule has 0 aliphatic carbocycles. The molecule has 0 fully saturated rings. The number of nitrogens with zero attached hydrogens (tertiary/aromatic N) is 2. The van der Waals surface area contributed by atoms with Crippen LogP contribution in [0.3, 0.4) is 0 Å². The first-order chi connectivity index (χ1) is 12.1. The van der Waals surface area contributed by atoms with E-state index in [1.807, 2.05) is 36.4 Å². The lowest BCUT2D eigenvalue weighted by Gasteiger charge is -2.07. The second kappa shape index (κ2) is 5.98. The van der Waals surface area contributed by atoms with Crippen LogP contribution < -0.4 is 0 Å². The summed E-state index contributed by atoms with van der Waals surface area (Å²) in [7, 11) is 0. The van der Waals surface area contributed by atoms with Gasteiger partial charge in [0.25, 0.3) is 0 Å². The lowest BCUT2D eigenvalue weighted by Crippen LogP contribution is -2.11. The predicted octanol–water partition coefficient (Wildman–Crippen LogP) is 4.01. The first-order valence-electron chi connectivity index (χ1n) is 8.11. The number of rotatable bonds is 4. The third kappa shape index (κ3) is 2.62. The molecule has 25 heavy (non-hydrogen) atoms. The number of hydrogen-bond acceptors (Lipinski definition) is 3. The minimum Gasteiger partial charge on any atom is -0.335 e. The molecular weight excluding hydrogens is 312 g/mol. The molecule has 4 aromatic rings. The van der Waals surface area contributed by atoms with E-state index in [2.05, 4.69) is 27.8 Å². The summed E-state index contributed by atoms with van der Waals surface area (Å²) in [5.74, 6) is -1.05. The van der Waals surface area contributed by atoms with Crippen molar-refractivity contribution in [3.05, 3.63) is 78.1 Å². The molecule has 2 aromatic carbocycles. The molecule has 2 heterocycles. The molecule has 4 heteroatoms. The van der Waals surface area contributed by atoms with Gasteiger partial charge in [0.15, 0.2) is 0 Å². The molecule has 0 saturated heterocycles. The van der Waals surface area contributed by atoms with Crippen LogP contribution in [0.25, 0.3) is 21.8 Å². The van der Waals surface area contributed by atoms with Crippen LogP contribution in [0, 0.1) is 0 Å². The summed E-state index contributed by atoms with van der Waals surface area (Å²) in [4.78, 5) is 27.6. The van der Waals surface area contributed by atoms with Crippen LogP contribution >= 0.6 is 0 Å². The zero-order valence-electron chi connectivity index (χ0n) is 13.8. The first-order valence-corrected chi connectivity index (χ1v) is 8.11. The smallest absolute Gasteiger partial charge is 0.246 e. The van der Waals surface area contributed by atoms with Crippen molar-refractivity contribution in [1.29, 1.82) is 0 Å². The number of para-hydroxylation sites is 1. The van der Waals surface area contributed by atoms with Gasteiger partial charge in [-0.25, -0.2) is 0 Å².